The molecule has 1 aromatic heterocycles. The van der Waals surface area contributed by atoms with Gasteiger partial charge in [-0.25, -0.2) is 0 Å². The molecule has 0 radical (unpaired) electrons. The van der Waals surface area contributed by atoms with Crippen molar-refractivity contribution in [3.63, 3.8) is 0 Å². The molecule has 3 aromatic rings. The van der Waals surface area contributed by atoms with Crippen LogP contribution in [0.4, 0.5) is 5.69 Å². The van der Waals surface area contributed by atoms with E-state index in [2.05, 4.69) is 27.4 Å². The predicted molar refractivity (Wildman–Crippen MR) is 123 cm³/mol. The first-order chi connectivity index (χ1) is 15.0. The van der Waals surface area contributed by atoms with Crippen LogP contribution in [-0.2, 0) is 17.9 Å². The molecule has 1 heterocycles. The van der Waals surface area contributed by atoms with Crippen LogP contribution in [0.3, 0.4) is 0 Å². The lowest BCUT2D eigenvalue weighted by Gasteiger charge is -2.10. The van der Waals surface area contributed by atoms with E-state index in [1.165, 1.54) is 11.8 Å². The lowest BCUT2D eigenvalue weighted by Crippen LogP contribution is -2.25. The number of allylic oxidation sites excluding steroid dienone is 1. The molecule has 160 valence electrons. The highest BCUT2D eigenvalue weighted by Gasteiger charge is 2.15. The number of aromatic nitrogens is 3. The van der Waals surface area contributed by atoms with Crippen LogP contribution >= 0.6 is 11.8 Å². The Morgan fingerprint density at radius 1 is 1.13 bits per heavy atom. The summed E-state index contributed by atoms with van der Waals surface area (Å²) in [6.45, 7) is 8.35. The maximum absolute atomic E-state index is 12.5. The molecule has 0 saturated carbocycles. The molecule has 0 fully saturated rings. The quantitative estimate of drug-likeness (QED) is 0.395. The predicted octanol–water partition coefficient (Wildman–Crippen LogP) is 3.74. The first kappa shape index (κ1) is 22.3. The molecule has 7 nitrogen and oxygen atoms in total. The summed E-state index contributed by atoms with van der Waals surface area (Å²) < 4.78 is 1.84. The largest absolute Gasteiger partial charge is 0.345 e. The monoisotopic (exact) mass is 435 g/mol. The first-order valence-electron chi connectivity index (χ1n) is 9.84. The first-order valence-corrected chi connectivity index (χ1v) is 10.8. The summed E-state index contributed by atoms with van der Waals surface area (Å²) in [5, 5.41) is 14.8. The van der Waals surface area contributed by atoms with Gasteiger partial charge in [-0.15, -0.1) is 16.8 Å². The van der Waals surface area contributed by atoms with Gasteiger partial charge in [0.25, 0.3) is 5.91 Å². The van der Waals surface area contributed by atoms with E-state index >= 15 is 0 Å². The zero-order valence-electron chi connectivity index (χ0n) is 17.6. The number of rotatable bonds is 9. The molecule has 0 aliphatic rings. The van der Waals surface area contributed by atoms with Crippen LogP contribution in [0, 0.1) is 13.8 Å². The summed E-state index contributed by atoms with van der Waals surface area (Å²) in [7, 11) is 0. The molecular weight excluding hydrogens is 410 g/mol. The number of aryl methyl sites for hydroxylation is 2. The van der Waals surface area contributed by atoms with Crippen LogP contribution in [0.15, 0.2) is 66.3 Å². The summed E-state index contributed by atoms with van der Waals surface area (Å²) in [4.78, 5) is 24.8. The molecule has 0 saturated heterocycles. The Morgan fingerprint density at radius 2 is 1.94 bits per heavy atom. The van der Waals surface area contributed by atoms with Gasteiger partial charge in [0.1, 0.15) is 0 Å². The summed E-state index contributed by atoms with van der Waals surface area (Å²) in [5.41, 5.74) is 3.37. The molecule has 31 heavy (non-hydrogen) atoms. The van der Waals surface area contributed by atoms with Gasteiger partial charge in [0.15, 0.2) is 11.0 Å². The molecule has 8 heteroatoms. The van der Waals surface area contributed by atoms with Gasteiger partial charge < -0.3 is 15.2 Å². The number of anilines is 1. The SMILES string of the molecule is C=CCn1c(CNC(=O)c2ccccc2C)nnc1SCC(=O)Nc1cccc(C)c1. The van der Waals surface area contributed by atoms with Crippen LogP contribution < -0.4 is 10.6 Å². The number of benzene rings is 2. The van der Waals surface area contributed by atoms with E-state index in [1.54, 1.807) is 12.1 Å². The van der Waals surface area contributed by atoms with Crippen LogP contribution in [0.25, 0.3) is 0 Å². The second kappa shape index (κ2) is 10.6. The molecule has 0 unspecified atom stereocenters. The topological polar surface area (TPSA) is 88.9 Å². The highest BCUT2D eigenvalue weighted by atomic mass is 32.2. The maximum atomic E-state index is 12.5. The van der Waals surface area contributed by atoms with Crippen molar-refractivity contribution in [2.45, 2.75) is 32.1 Å². The number of hydrogen-bond donors (Lipinski definition) is 2. The zero-order valence-corrected chi connectivity index (χ0v) is 18.4. The average Bonchev–Trinajstić information content (AvgIpc) is 3.13. The van der Waals surface area contributed by atoms with Gasteiger partial charge in [0.05, 0.1) is 12.3 Å². The third-order valence-electron chi connectivity index (χ3n) is 4.54. The van der Waals surface area contributed by atoms with Crippen LogP contribution in [-0.4, -0.2) is 32.3 Å². The fraction of sp³-hybridized carbons (Fsp3) is 0.217. The third-order valence-corrected chi connectivity index (χ3v) is 5.50. The second-order valence-corrected chi connectivity index (χ2v) is 7.94. The third kappa shape index (κ3) is 6.05. The number of hydrogen-bond acceptors (Lipinski definition) is 5. The summed E-state index contributed by atoms with van der Waals surface area (Å²) >= 11 is 1.29. The fourth-order valence-electron chi connectivity index (χ4n) is 3.00. The highest BCUT2D eigenvalue weighted by molar-refractivity contribution is 7.99. The lowest BCUT2D eigenvalue weighted by atomic mass is 10.1. The van der Waals surface area contributed by atoms with Crippen LogP contribution in [0.1, 0.15) is 27.3 Å². The molecule has 0 aliphatic carbocycles. The van der Waals surface area contributed by atoms with Crippen molar-refractivity contribution in [2.24, 2.45) is 0 Å². The molecule has 0 bridgehead atoms. The smallest absolute Gasteiger partial charge is 0.251 e. The number of nitrogens with zero attached hydrogens (tertiary/aromatic N) is 3. The van der Waals surface area contributed by atoms with Gasteiger partial charge >= 0.3 is 0 Å². The zero-order chi connectivity index (χ0) is 22.2. The van der Waals surface area contributed by atoms with Crippen molar-refractivity contribution in [3.8, 4) is 0 Å². The number of carbonyl (C=O) groups excluding carboxylic acids is 2. The summed E-state index contributed by atoms with van der Waals surface area (Å²) in [6.07, 6.45) is 1.73. The summed E-state index contributed by atoms with van der Waals surface area (Å²) in [6, 6.07) is 15.0. The normalized spacial score (nSPS) is 10.5. The van der Waals surface area contributed by atoms with Gasteiger partial charge in [0.2, 0.25) is 5.91 Å². The molecule has 0 aliphatic heterocycles. The highest BCUT2D eigenvalue weighted by Crippen LogP contribution is 2.18. The van der Waals surface area contributed by atoms with Gasteiger partial charge in [-0.3, -0.25) is 9.59 Å². The van der Waals surface area contributed by atoms with Crippen molar-refractivity contribution in [1.82, 2.24) is 20.1 Å². The van der Waals surface area contributed by atoms with E-state index in [0.717, 1.165) is 16.8 Å². The average molecular weight is 436 g/mol. The number of nitrogens with one attached hydrogen (secondary N) is 2. The van der Waals surface area contributed by atoms with E-state index in [1.807, 2.05) is 60.9 Å². The minimum absolute atomic E-state index is 0.127. The van der Waals surface area contributed by atoms with E-state index in [9.17, 15) is 9.59 Å². The second-order valence-electron chi connectivity index (χ2n) is 7.00. The Labute approximate surface area is 186 Å². The van der Waals surface area contributed by atoms with E-state index < -0.39 is 0 Å². The molecule has 0 spiro atoms. The van der Waals surface area contributed by atoms with E-state index in [0.29, 0.717) is 23.1 Å². The fourth-order valence-corrected chi connectivity index (χ4v) is 3.77. The minimum atomic E-state index is -0.169. The van der Waals surface area contributed by atoms with Gasteiger partial charge in [-0.1, -0.05) is 48.2 Å². The molecule has 3 rings (SSSR count). The Morgan fingerprint density at radius 3 is 2.68 bits per heavy atom. The molecule has 2 amide bonds. The lowest BCUT2D eigenvalue weighted by molar-refractivity contribution is -0.113. The number of carbonyl (C=O) groups is 2. The molecular formula is C23H25N5O2S. The minimum Gasteiger partial charge on any atom is -0.345 e. The van der Waals surface area contributed by atoms with Gasteiger partial charge in [-0.05, 0) is 43.2 Å². The molecule has 2 N–H and O–H groups in total. The molecule has 0 atom stereocenters. The Balaban J connectivity index is 1.61. The van der Waals surface area contributed by atoms with Gasteiger partial charge in [-0.2, -0.15) is 0 Å². The molecule has 2 aromatic carbocycles. The number of amides is 2. The Hall–Kier alpha value is -3.39. The van der Waals surface area contributed by atoms with Crippen LogP contribution in [0.5, 0.6) is 0 Å². The van der Waals surface area contributed by atoms with Crippen molar-refractivity contribution < 1.29 is 9.59 Å². The number of thioether (sulfide) groups is 1. The van der Waals surface area contributed by atoms with Crippen LogP contribution in [0.2, 0.25) is 0 Å². The Bertz CT molecular complexity index is 1090. The maximum Gasteiger partial charge on any atom is 0.251 e. The van der Waals surface area contributed by atoms with E-state index in [-0.39, 0.29) is 24.1 Å². The van der Waals surface area contributed by atoms with Crippen molar-refractivity contribution in [2.75, 3.05) is 11.1 Å². The van der Waals surface area contributed by atoms with Gasteiger partial charge in [0, 0.05) is 17.8 Å². The van der Waals surface area contributed by atoms with Crippen molar-refractivity contribution in [1.29, 1.82) is 0 Å². The standard InChI is InChI=1S/C23H25N5O2S/c1-4-12-28-20(14-24-22(30)19-11-6-5-9-17(19)3)26-27-23(28)31-15-21(29)25-18-10-7-8-16(2)13-18/h4-11,13H,1,12,14-15H2,2-3H3,(H,24,30)(H,25,29). The van der Waals surface area contributed by atoms with E-state index in [4.69, 9.17) is 0 Å². The Kier molecular flexibility index (Phi) is 7.61. The van der Waals surface area contributed by atoms with Crippen molar-refractivity contribution in [3.05, 3.63) is 83.7 Å². The van der Waals surface area contributed by atoms with Crippen molar-refractivity contribution >= 4 is 29.3 Å². The summed E-state index contributed by atoms with van der Waals surface area (Å²) in [5.74, 6) is 0.498.